The highest BCUT2D eigenvalue weighted by Gasteiger charge is 2.24. The normalized spacial score (nSPS) is 17.1. The zero-order valence-corrected chi connectivity index (χ0v) is 24.2. The largest absolute Gasteiger partial charge is 0.394 e. The van der Waals surface area contributed by atoms with Gasteiger partial charge in [-0.1, -0.05) is 19.9 Å². The Kier molecular flexibility index (Phi) is 9.84. The summed E-state index contributed by atoms with van der Waals surface area (Å²) in [5.74, 6) is 1.17. The quantitative estimate of drug-likeness (QED) is 0.351. The van der Waals surface area contributed by atoms with Crippen molar-refractivity contribution in [2.24, 2.45) is 12.0 Å². The standard InChI is InChI=1S/C28H39N7O3S/c1-6-34(7-2)19(3)15-29-28(37)21-13-24(32-26(14-21)35-10-11-38-22(17-35)18-36)23-16-30-33(5)27(23)31-20(4)25-9-8-12-39-25/h8-9,12-14,16,19,22,36H,6-7,10-11,15,17-18H2,1-5H3,(H,29,37)/b31-20+. The summed E-state index contributed by atoms with van der Waals surface area (Å²) in [6, 6.07) is 7.88. The number of aliphatic imine (C=N–C) groups is 1. The maximum Gasteiger partial charge on any atom is 0.251 e. The molecule has 1 aliphatic heterocycles. The van der Waals surface area contributed by atoms with E-state index in [0.29, 0.717) is 49.1 Å². The van der Waals surface area contributed by atoms with Crippen molar-refractivity contribution >= 4 is 34.6 Å². The third-order valence-electron chi connectivity index (χ3n) is 7.07. The van der Waals surface area contributed by atoms with Crippen LogP contribution in [0.4, 0.5) is 11.6 Å². The Morgan fingerprint density at radius 1 is 1.36 bits per heavy atom. The number of anilines is 1. The van der Waals surface area contributed by atoms with Crippen LogP contribution in [0.5, 0.6) is 0 Å². The summed E-state index contributed by atoms with van der Waals surface area (Å²) in [6.07, 6.45) is 1.44. The van der Waals surface area contributed by atoms with Gasteiger partial charge in [-0.2, -0.15) is 5.10 Å². The molecule has 210 valence electrons. The van der Waals surface area contributed by atoms with E-state index in [4.69, 9.17) is 14.7 Å². The van der Waals surface area contributed by atoms with Crippen LogP contribution in [0.3, 0.4) is 0 Å². The molecular weight excluding hydrogens is 514 g/mol. The number of thiophene rings is 1. The minimum atomic E-state index is -0.302. The van der Waals surface area contributed by atoms with Crippen molar-refractivity contribution in [3.05, 3.63) is 46.3 Å². The van der Waals surface area contributed by atoms with Gasteiger partial charge in [0.05, 0.1) is 42.5 Å². The maximum atomic E-state index is 13.4. The second kappa shape index (κ2) is 13.3. The fraction of sp³-hybridized carbons (Fsp3) is 0.500. The topological polar surface area (TPSA) is 108 Å². The predicted octanol–water partition coefficient (Wildman–Crippen LogP) is 3.34. The lowest BCUT2D eigenvalue weighted by Crippen LogP contribution is -2.44. The molecule has 0 aromatic carbocycles. The van der Waals surface area contributed by atoms with Crippen LogP contribution in [0.15, 0.2) is 40.8 Å². The highest BCUT2D eigenvalue weighted by Crippen LogP contribution is 2.32. The molecule has 4 rings (SSSR count). The van der Waals surface area contributed by atoms with Crippen molar-refractivity contribution in [2.45, 2.75) is 39.8 Å². The number of pyridine rings is 1. The number of ether oxygens (including phenoxy) is 1. The number of carbonyl (C=O) groups is 1. The van der Waals surface area contributed by atoms with Crippen LogP contribution in [-0.2, 0) is 11.8 Å². The van der Waals surface area contributed by atoms with E-state index in [9.17, 15) is 9.90 Å². The van der Waals surface area contributed by atoms with E-state index in [1.165, 1.54) is 0 Å². The van der Waals surface area contributed by atoms with Crippen molar-refractivity contribution in [3.8, 4) is 11.3 Å². The van der Waals surface area contributed by atoms with E-state index < -0.39 is 0 Å². The Bertz CT molecular complexity index is 1270. The third kappa shape index (κ3) is 6.91. The molecule has 2 unspecified atom stereocenters. The van der Waals surface area contributed by atoms with Gasteiger partial charge in [0.25, 0.3) is 5.91 Å². The second-order valence-corrected chi connectivity index (χ2v) is 10.6. The molecule has 4 heterocycles. The summed E-state index contributed by atoms with van der Waals surface area (Å²) in [6.45, 7) is 12.2. The van der Waals surface area contributed by atoms with Gasteiger partial charge < -0.3 is 20.1 Å². The smallest absolute Gasteiger partial charge is 0.251 e. The molecule has 11 heteroatoms. The predicted molar refractivity (Wildman–Crippen MR) is 156 cm³/mol. The Morgan fingerprint density at radius 2 is 2.15 bits per heavy atom. The maximum absolute atomic E-state index is 13.4. The number of aryl methyl sites for hydroxylation is 1. The number of rotatable bonds is 11. The Morgan fingerprint density at radius 3 is 2.85 bits per heavy atom. The second-order valence-electron chi connectivity index (χ2n) is 9.68. The molecule has 1 saturated heterocycles. The van der Waals surface area contributed by atoms with E-state index in [-0.39, 0.29) is 24.7 Å². The zero-order valence-electron chi connectivity index (χ0n) is 23.4. The molecule has 10 nitrogen and oxygen atoms in total. The first kappa shape index (κ1) is 28.9. The van der Waals surface area contributed by atoms with Gasteiger partial charge in [0.2, 0.25) is 0 Å². The van der Waals surface area contributed by atoms with Crippen molar-refractivity contribution in [1.29, 1.82) is 0 Å². The minimum absolute atomic E-state index is 0.0732. The monoisotopic (exact) mass is 553 g/mol. The first-order valence-corrected chi connectivity index (χ1v) is 14.4. The van der Waals surface area contributed by atoms with E-state index in [0.717, 1.165) is 29.2 Å². The van der Waals surface area contributed by atoms with Crippen LogP contribution in [0, 0.1) is 0 Å². The highest BCUT2D eigenvalue weighted by molar-refractivity contribution is 7.12. The van der Waals surface area contributed by atoms with E-state index in [2.05, 4.69) is 41.0 Å². The summed E-state index contributed by atoms with van der Waals surface area (Å²) in [7, 11) is 1.85. The lowest BCUT2D eigenvalue weighted by molar-refractivity contribution is 0.00336. The number of aromatic nitrogens is 3. The first-order chi connectivity index (χ1) is 18.8. The van der Waals surface area contributed by atoms with E-state index in [1.54, 1.807) is 28.3 Å². The molecule has 0 radical (unpaired) electrons. The molecule has 2 atom stereocenters. The van der Waals surface area contributed by atoms with Crippen LogP contribution in [-0.4, -0.2) is 94.5 Å². The molecular formula is C28H39N7O3S. The average Bonchev–Trinajstić information content (AvgIpc) is 3.63. The molecule has 1 amide bonds. The van der Waals surface area contributed by atoms with E-state index >= 15 is 0 Å². The van der Waals surface area contributed by atoms with Crippen molar-refractivity contribution in [2.75, 3.05) is 50.8 Å². The molecule has 1 aliphatic rings. The summed E-state index contributed by atoms with van der Waals surface area (Å²) < 4.78 is 7.37. The van der Waals surface area contributed by atoms with Gasteiger partial charge in [-0.25, -0.2) is 9.98 Å². The van der Waals surface area contributed by atoms with Crippen LogP contribution >= 0.6 is 11.3 Å². The van der Waals surface area contributed by atoms with Gasteiger partial charge in [-0.15, -0.1) is 11.3 Å². The Balaban J connectivity index is 1.71. The fourth-order valence-electron chi connectivity index (χ4n) is 4.75. The number of likely N-dealkylation sites (N-methyl/N-ethyl adjacent to an activating group) is 1. The van der Waals surface area contributed by atoms with Crippen LogP contribution < -0.4 is 10.2 Å². The van der Waals surface area contributed by atoms with E-state index in [1.807, 2.05) is 37.6 Å². The van der Waals surface area contributed by atoms with Crippen molar-refractivity contribution < 1.29 is 14.6 Å². The van der Waals surface area contributed by atoms with Crippen LogP contribution in [0.2, 0.25) is 0 Å². The number of hydrogen-bond acceptors (Lipinski definition) is 9. The molecule has 2 N–H and O–H groups in total. The van der Waals surface area contributed by atoms with Crippen molar-refractivity contribution in [3.63, 3.8) is 0 Å². The molecule has 1 fully saturated rings. The Hall–Kier alpha value is -3.12. The molecule has 0 bridgehead atoms. The fourth-order valence-corrected chi connectivity index (χ4v) is 5.42. The van der Waals surface area contributed by atoms with Gasteiger partial charge in [0.15, 0.2) is 5.82 Å². The number of nitrogens with one attached hydrogen (secondary N) is 1. The number of morpholine rings is 1. The van der Waals surface area contributed by atoms with Gasteiger partial charge in [0.1, 0.15) is 5.82 Å². The number of carbonyl (C=O) groups excluding carboxylic acids is 1. The summed E-state index contributed by atoms with van der Waals surface area (Å²) in [5, 5.41) is 19.3. The first-order valence-electron chi connectivity index (χ1n) is 13.5. The highest BCUT2D eigenvalue weighted by atomic mass is 32.1. The molecule has 3 aromatic heterocycles. The number of hydrogen-bond donors (Lipinski definition) is 2. The summed E-state index contributed by atoms with van der Waals surface area (Å²) in [4.78, 5) is 28.7. The Labute approximate surface area is 234 Å². The summed E-state index contributed by atoms with van der Waals surface area (Å²) in [5.41, 5.74) is 2.76. The minimum Gasteiger partial charge on any atom is -0.394 e. The number of aliphatic hydroxyl groups is 1. The number of amides is 1. The summed E-state index contributed by atoms with van der Waals surface area (Å²) >= 11 is 1.63. The number of aliphatic hydroxyl groups excluding tert-OH is 1. The molecule has 39 heavy (non-hydrogen) atoms. The van der Waals surface area contributed by atoms with Crippen LogP contribution in [0.1, 0.15) is 42.9 Å². The van der Waals surface area contributed by atoms with Gasteiger partial charge in [0, 0.05) is 43.2 Å². The third-order valence-corrected chi connectivity index (χ3v) is 8.05. The van der Waals surface area contributed by atoms with Gasteiger partial charge in [-0.05, 0) is 50.5 Å². The molecule has 0 saturated carbocycles. The molecule has 0 spiro atoms. The molecule has 3 aromatic rings. The molecule has 0 aliphatic carbocycles. The van der Waals surface area contributed by atoms with Crippen molar-refractivity contribution in [1.82, 2.24) is 25.0 Å². The van der Waals surface area contributed by atoms with Gasteiger partial charge >= 0.3 is 0 Å². The number of nitrogens with zero attached hydrogens (tertiary/aromatic N) is 6. The SMILES string of the molecule is CCN(CC)C(C)CNC(=O)c1cc(-c2cnn(C)c2/N=C(\C)c2cccs2)nc(N2CCOC(CO)C2)c1. The zero-order chi connectivity index (χ0) is 27.9. The average molecular weight is 554 g/mol. The lowest BCUT2D eigenvalue weighted by Gasteiger charge is -2.33. The van der Waals surface area contributed by atoms with Crippen LogP contribution in [0.25, 0.3) is 11.3 Å². The van der Waals surface area contributed by atoms with Gasteiger partial charge in [-0.3, -0.25) is 14.4 Å². The lowest BCUT2D eigenvalue weighted by atomic mass is 10.1.